The molecule has 0 saturated carbocycles. The lowest BCUT2D eigenvalue weighted by Crippen LogP contribution is -2.34. The van der Waals surface area contributed by atoms with Crippen LogP contribution in [0.25, 0.3) is 0 Å². The maximum atomic E-state index is 12.3. The minimum atomic E-state index is -1.09. The Morgan fingerprint density at radius 1 is 1.14 bits per heavy atom. The van der Waals surface area contributed by atoms with Gasteiger partial charge in [0.1, 0.15) is 5.69 Å². The molecule has 0 spiro atoms. The molecule has 2 aromatic rings. The van der Waals surface area contributed by atoms with Gasteiger partial charge in [0, 0.05) is 4.88 Å². The number of carboxylic acids is 1. The van der Waals surface area contributed by atoms with Crippen molar-refractivity contribution in [2.45, 2.75) is 33.7 Å². The van der Waals surface area contributed by atoms with Crippen molar-refractivity contribution in [2.24, 2.45) is 0 Å². The fourth-order valence-corrected chi connectivity index (χ4v) is 3.22. The molecular formula is C16H18N2O3S. The Morgan fingerprint density at radius 2 is 1.73 bits per heavy atom. The van der Waals surface area contributed by atoms with Crippen LogP contribution in [-0.4, -0.2) is 22.0 Å². The molecule has 0 aliphatic heterocycles. The first-order chi connectivity index (χ1) is 10.3. The Hall–Kier alpha value is -2.21. The normalized spacial score (nSPS) is 12.0. The Morgan fingerprint density at radius 3 is 2.18 bits per heavy atom. The maximum Gasteiger partial charge on any atom is 0.330 e. The van der Waals surface area contributed by atoms with Crippen LogP contribution >= 0.6 is 11.3 Å². The van der Waals surface area contributed by atoms with Crippen LogP contribution in [-0.2, 0) is 4.79 Å². The monoisotopic (exact) mass is 318 g/mol. The Bertz CT molecular complexity index is 717. The van der Waals surface area contributed by atoms with Gasteiger partial charge in [-0.2, -0.15) is 0 Å². The van der Waals surface area contributed by atoms with Crippen molar-refractivity contribution in [2.75, 3.05) is 0 Å². The number of carbonyl (C=O) groups excluding carboxylic acids is 1. The summed E-state index contributed by atoms with van der Waals surface area (Å²) in [5, 5.41) is 12.8. The molecule has 1 heterocycles. The van der Waals surface area contributed by atoms with E-state index in [9.17, 15) is 14.7 Å². The van der Waals surface area contributed by atoms with Crippen LogP contribution in [0.3, 0.4) is 0 Å². The van der Waals surface area contributed by atoms with E-state index in [1.165, 1.54) is 11.3 Å². The van der Waals surface area contributed by atoms with Crippen molar-refractivity contribution in [1.82, 2.24) is 10.3 Å². The average Bonchev–Trinajstić information content (AvgIpc) is 2.73. The Balaban J connectivity index is 2.31. The molecule has 1 atom stereocenters. The summed E-state index contributed by atoms with van der Waals surface area (Å²) in [6.07, 6.45) is 0. The third-order valence-electron chi connectivity index (χ3n) is 3.22. The predicted octanol–water partition coefficient (Wildman–Crippen LogP) is 2.93. The van der Waals surface area contributed by atoms with Crippen LogP contribution in [0, 0.1) is 27.7 Å². The minimum Gasteiger partial charge on any atom is -0.479 e. The zero-order valence-corrected chi connectivity index (χ0v) is 13.7. The SMILES string of the molecule is Cc1cc(C)cc(C(NC(=O)c2nc(C)sc2C)C(=O)O)c1. The van der Waals surface area contributed by atoms with Gasteiger partial charge in [-0.3, -0.25) is 4.79 Å². The number of carbonyl (C=O) groups is 2. The molecule has 1 aromatic heterocycles. The van der Waals surface area contributed by atoms with Crippen molar-refractivity contribution in [3.63, 3.8) is 0 Å². The summed E-state index contributed by atoms with van der Waals surface area (Å²) in [5.74, 6) is -1.56. The van der Waals surface area contributed by atoms with E-state index in [1.54, 1.807) is 19.1 Å². The van der Waals surface area contributed by atoms with Gasteiger partial charge in [-0.05, 0) is 33.3 Å². The zero-order chi connectivity index (χ0) is 16.4. The second-order valence-corrected chi connectivity index (χ2v) is 6.71. The number of nitrogens with zero attached hydrogens (tertiary/aromatic N) is 1. The first-order valence-corrected chi connectivity index (χ1v) is 7.65. The number of aliphatic carboxylic acids is 1. The Labute approximate surface area is 133 Å². The number of benzene rings is 1. The summed E-state index contributed by atoms with van der Waals surface area (Å²) in [5.41, 5.74) is 2.76. The number of amides is 1. The number of hydrogen-bond donors (Lipinski definition) is 2. The zero-order valence-electron chi connectivity index (χ0n) is 12.9. The molecule has 0 radical (unpaired) electrons. The van der Waals surface area contributed by atoms with E-state index in [0.29, 0.717) is 5.56 Å². The number of rotatable bonds is 4. The van der Waals surface area contributed by atoms with Crippen molar-refractivity contribution < 1.29 is 14.7 Å². The highest BCUT2D eigenvalue weighted by Crippen LogP contribution is 2.20. The van der Waals surface area contributed by atoms with Crippen LogP contribution < -0.4 is 5.32 Å². The standard InChI is InChI=1S/C16H18N2O3S/c1-8-5-9(2)7-12(6-8)14(16(20)21)18-15(19)13-10(3)22-11(4)17-13/h5-7,14H,1-4H3,(H,18,19)(H,20,21). The van der Waals surface area contributed by atoms with Gasteiger partial charge in [-0.15, -0.1) is 11.3 Å². The number of hydrogen-bond acceptors (Lipinski definition) is 4. The van der Waals surface area contributed by atoms with Gasteiger partial charge in [-0.1, -0.05) is 29.3 Å². The second-order valence-electron chi connectivity index (χ2n) is 5.30. The van der Waals surface area contributed by atoms with E-state index in [4.69, 9.17) is 0 Å². The Kier molecular flexibility index (Phi) is 4.61. The van der Waals surface area contributed by atoms with Gasteiger partial charge in [0.15, 0.2) is 6.04 Å². The molecule has 2 rings (SSSR count). The molecule has 0 bridgehead atoms. The molecule has 0 aliphatic rings. The smallest absolute Gasteiger partial charge is 0.330 e. The molecule has 5 nitrogen and oxygen atoms in total. The fraction of sp³-hybridized carbons (Fsp3) is 0.312. The molecule has 1 aromatic carbocycles. The predicted molar refractivity (Wildman–Crippen MR) is 85.3 cm³/mol. The molecule has 0 saturated heterocycles. The number of nitrogens with one attached hydrogen (secondary N) is 1. The van der Waals surface area contributed by atoms with Crippen molar-refractivity contribution in [1.29, 1.82) is 0 Å². The summed E-state index contributed by atoms with van der Waals surface area (Å²) in [4.78, 5) is 28.8. The highest BCUT2D eigenvalue weighted by atomic mass is 32.1. The largest absolute Gasteiger partial charge is 0.479 e. The number of carboxylic acid groups (broad SMARTS) is 1. The first-order valence-electron chi connectivity index (χ1n) is 6.84. The van der Waals surface area contributed by atoms with E-state index in [0.717, 1.165) is 21.0 Å². The van der Waals surface area contributed by atoms with Gasteiger partial charge in [0.2, 0.25) is 0 Å². The molecule has 1 unspecified atom stereocenters. The van der Waals surface area contributed by atoms with Gasteiger partial charge >= 0.3 is 5.97 Å². The molecule has 116 valence electrons. The second kappa shape index (κ2) is 6.27. The highest BCUT2D eigenvalue weighted by molar-refractivity contribution is 7.11. The molecule has 1 amide bonds. The lowest BCUT2D eigenvalue weighted by molar-refractivity contribution is -0.139. The van der Waals surface area contributed by atoms with Crippen molar-refractivity contribution >= 4 is 23.2 Å². The van der Waals surface area contributed by atoms with E-state index < -0.39 is 17.9 Å². The third kappa shape index (κ3) is 3.51. The summed E-state index contributed by atoms with van der Waals surface area (Å²) in [6, 6.07) is 4.40. The molecule has 0 aliphatic carbocycles. The lowest BCUT2D eigenvalue weighted by Gasteiger charge is -2.16. The molecule has 6 heteroatoms. The van der Waals surface area contributed by atoms with E-state index in [-0.39, 0.29) is 5.69 Å². The minimum absolute atomic E-state index is 0.290. The van der Waals surface area contributed by atoms with Crippen molar-refractivity contribution in [3.05, 3.63) is 50.5 Å². The van der Waals surface area contributed by atoms with E-state index in [1.807, 2.05) is 26.8 Å². The van der Waals surface area contributed by atoms with Crippen LogP contribution in [0.5, 0.6) is 0 Å². The van der Waals surface area contributed by atoms with Gasteiger partial charge in [0.25, 0.3) is 5.91 Å². The molecule has 22 heavy (non-hydrogen) atoms. The first kappa shape index (κ1) is 16.2. The van der Waals surface area contributed by atoms with Crippen LogP contribution in [0.1, 0.15) is 43.1 Å². The molecule has 0 fully saturated rings. The average molecular weight is 318 g/mol. The van der Waals surface area contributed by atoms with Gasteiger partial charge in [-0.25, -0.2) is 9.78 Å². The molecular weight excluding hydrogens is 300 g/mol. The summed E-state index contributed by atoms with van der Waals surface area (Å²) in [6.45, 7) is 7.40. The molecule has 2 N–H and O–H groups in total. The van der Waals surface area contributed by atoms with Crippen LogP contribution in [0.4, 0.5) is 0 Å². The summed E-state index contributed by atoms with van der Waals surface area (Å²) >= 11 is 1.41. The lowest BCUT2D eigenvalue weighted by atomic mass is 10.0. The van der Waals surface area contributed by atoms with Gasteiger partial charge < -0.3 is 10.4 Å². The number of aromatic nitrogens is 1. The van der Waals surface area contributed by atoms with E-state index >= 15 is 0 Å². The van der Waals surface area contributed by atoms with Gasteiger partial charge in [0.05, 0.1) is 5.01 Å². The number of aryl methyl sites for hydroxylation is 4. The quantitative estimate of drug-likeness (QED) is 0.908. The fourth-order valence-electron chi connectivity index (χ4n) is 2.40. The topological polar surface area (TPSA) is 79.3 Å². The summed E-state index contributed by atoms with van der Waals surface area (Å²) in [7, 11) is 0. The van der Waals surface area contributed by atoms with Crippen molar-refractivity contribution in [3.8, 4) is 0 Å². The maximum absolute atomic E-state index is 12.3. The highest BCUT2D eigenvalue weighted by Gasteiger charge is 2.25. The summed E-state index contributed by atoms with van der Waals surface area (Å²) < 4.78 is 0. The third-order valence-corrected chi connectivity index (χ3v) is 4.10. The number of thiazole rings is 1. The van der Waals surface area contributed by atoms with Crippen LogP contribution in [0.15, 0.2) is 18.2 Å². The van der Waals surface area contributed by atoms with E-state index in [2.05, 4.69) is 10.3 Å². The van der Waals surface area contributed by atoms with Crippen LogP contribution in [0.2, 0.25) is 0 Å².